The largest absolute Gasteiger partial charge is 0.326 e. The van der Waals surface area contributed by atoms with Crippen molar-refractivity contribution in [3.63, 3.8) is 0 Å². The molecule has 0 amide bonds. The molecule has 4 heterocycles. The van der Waals surface area contributed by atoms with Crippen molar-refractivity contribution in [2.24, 2.45) is 11.7 Å². The third-order valence-corrected chi connectivity index (χ3v) is 5.21. The Balaban J connectivity index is 1.88. The zero-order chi connectivity index (χ0) is 11.2. The van der Waals surface area contributed by atoms with Crippen LogP contribution < -0.4 is 5.73 Å². The Morgan fingerprint density at radius 3 is 2.50 bits per heavy atom. The lowest BCUT2D eigenvalue weighted by atomic mass is 9.69. The summed E-state index contributed by atoms with van der Waals surface area (Å²) < 4.78 is 0. The summed E-state index contributed by atoms with van der Waals surface area (Å²) in [5, 5.41) is 0. The molecule has 3 heteroatoms. The molecule has 2 atom stereocenters. The highest BCUT2D eigenvalue weighted by Gasteiger charge is 2.56. The van der Waals surface area contributed by atoms with Crippen LogP contribution in [-0.2, 0) is 0 Å². The third-order valence-electron chi connectivity index (χ3n) is 5.21. The van der Waals surface area contributed by atoms with E-state index in [9.17, 15) is 0 Å². The van der Waals surface area contributed by atoms with Crippen LogP contribution in [0, 0.1) is 5.92 Å². The van der Waals surface area contributed by atoms with E-state index in [1.165, 1.54) is 58.4 Å². The van der Waals surface area contributed by atoms with Crippen molar-refractivity contribution in [1.29, 1.82) is 0 Å². The van der Waals surface area contributed by atoms with Gasteiger partial charge in [0.15, 0.2) is 0 Å². The second kappa shape index (κ2) is 3.97. The second-order valence-corrected chi connectivity index (χ2v) is 5.92. The Labute approximate surface area is 99.0 Å². The molecule has 0 saturated carbocycles. The number of nitrogens with two attached hydrogens (primary N) is 1. The number of fused-ring (bicyclic) bond motifs is 2. The normalized spacial score (nSPS) is 48.0. The average Bonchev–Trinajstić information content (AvgIpc) is 2.61. The number of hydrogen-bond donors (Lipinski definition) is 1. The fourth-order valence-electron chi connectivity index (χ4n) is 4.43. The number of piperidine rings is 3. The highest BCUT2D eigenvalue weighted by Crippen LogP contribution is 2.45. The van der Waals surface area contributed by atoms with Gasteiger partial charge in [0.1, 0.15) is 0 Å². The molecule has 0 aromatic rings. The highest BCUT2D eigenvalue weighted by atomic mass is 15.3. The number of likely N-dealkylation sites (tertiary alicyclic amines) is 1. The molecular formula is C13H25N3. The summed E-state index contributed by atoms with van der Waals surface area (Å²) in [4.78, 5) is 5.38. The van der Waals surface area contributed by atoms with Gasteiger partial charge in [0.2, 0.25) is 0 Å². The van der Waals surface area contributed by atoms with Crippen LogP contribution in [-0.4, -0.2) is 54.1 Å². The van der Waals surface area contributed by atoms with E-state index in [4.69, 9.17) is 5.73 Å². The van der Waals surface area contributed by atoms with Crippen LogP contribution in [0.4, 0.5) is 0 Å². The summed E-state index contributed by atoms with van der Waals surface area (Å²) >= 11 is 0. The van der Waals surface area contributed by atoms with Crippen LogP contribution in [0.5, 0.6) is 0 Å². The van der Waals surface area contributed by atoms with Crippen LogP contribution in [0.1, 0.15) is 32.6 Å². The van der Waals surface area contributed by atoms with Crippen LogP contribution in [0.15, 0.2) is 0 Å². The van der Waals surface area contributed by atoms with Crippen molar-refractivity contribution in [3.8, 4) is 0 Å². The monoisotopic (exact) mass is 223 g/mol. The lowest BCUT2D eigenvalue weighted by Crippen LogP contribution is -2.70. The van der Waals surface area contributed by atoms with Crippen molar-refractivity contribution in [3.05, 3.63) is 0 Å². The summed E-state index contributed by atoms with van der Waals surface area (Å²) in [6.07, 6.45) is 5.24. The van der Waals surface area contributed by atoms with E-state index < -0.39 is 0 Å². The highest BCUT2D eigenvalue weighted by molar-refractivity contribution is 5.14. The van der Waals surface area contributed by atoms with Gasteiger partial charge in [-0.3, -0.25) is 4.90 Å². The summed E-state index contributed by atoms with van der Waals surface area (Å²) in [7, 11) is 0. The summed E-state index contributed by atoms with van der Waals surface area (Å²) in [6.45, 7) is 8.66. The first kappa shape index (κ1) is 11.0. The molecule has 92 valence electrons. The Bertz CT molecular complexity index is 258. The van der Waals surface area contributed by atoms with Gasteiger partial charge in [-0.15, -0.1) is 0 Å². The average molecular weight is 223 g/mol. The molecule has 4 rings (SSSR count). The Kier molecular flexibility index (Phi) is 2.73. The molecule has 0 aromatic heterocycles. The molecule has 16 heavy (non-hydrogen) atoms. The quantitative estimate of drug-likeness (QED) is 0.755. The van der Waals surface area contributed by atoms with Gasteiger partial charge in [0.05, 0.1) is 5.54 Å². The molecule has 4 aliphatic rings. The van der Waals surface area contributed by atoms with Crippen LogP contribution in [0.3, 0.4) is 0 Å². The Morgan fingerprint density at radius 1 is 1.19 bits per heavy atom. The maximum Gasteiger partial charge on any atom is 0.0516 e. The van der Waals surface area contributed by atoms with E-state index >= 15 is 0 Å². The fourth-order valence-corrected chi connectivity index (χ4v) is 4.43. The number of rotatable bonds is 2. The first-order valence-corrected chi connectivity index (χ1v) is 7.00. The zero-order valence-electron chi connectivity index (χ0n) is 10.5. The van der Waals surface area contributed by atoms with E-state index in [1.807, 2.05) is 0 Å². The van der Waals surface area contributed by atoms with E-state index in [-0.39, 0.29) is 0 Å². The van der Waals surface area contributed by atoms with E-state index in [0.717, 1.165) is 5.92 Å². The SMILES string of the molecule is CCCN1CCC(N)C12CN1CCC2CC1. The molecule has 0 radical (unpaired) electrons. The van der Waals surface area contributed by atoms with E-state index in [1.54, 1.807) is 0 Å². The van der Waals surface area contributed by atoms with Crippen LogP contribution in [0.25, 0.3) is 0 Å². The van der Waals surface area contributed by atoms with Crippen LogP contribution >= 0.6 is 0 Å². The number of hydrogen-bond acceptors (Lipinski definition) is 3. The van der Waals surface area contributed by atoms with Gasteiger partial charge in [0, 0.05) is 19.1 Å². The van der Waals surface area contributed by atoms with Crippen LogP contribution in [0.2, 0.25) is 0 Å². The number of nitrogens with zero attached hydrogens (tertiary/aromatic N) is 2. The van der Waals surface area contributed by atoms with Crippen molar-refractivity contribution < 1.29 is 0 Å². The molecular weight excluding hydrogens is 198 g/mol. The lowest BCUT2D eigenvalue weighted by molar-refractivity contribution is -0.0579. The minimum absolute atomic E-state index is 0.354. The summed E-state index contributed by atoms with van der Waals surface area (Å²) in [5.74, 6) is 0.876. The Morgan fingerprint density at radius 2 is 1.94 bits per heavy atom. The third kappa shape index (κ3) is 1.38. The molecule has 2 unspecified atom stereocenters. The predicted molar refractivity (Wildman–Crippen MR) is 66.4 cm³/mol. The molecule has 2 N–H and O–H groups in total. The minimum atomic E-state index is 0.354. The summed E-state index contributed by atoms with van der Waals surface area (Å²) in [5.41, 5.74) is 6.84. The molecule has 3 nitrogen and oxygen atoms in total. The van der Waals surface area contributed by atoms with Gasteiger partial charge in [-0.05, 0) is 51.2 Å². The van der Waals surface area contributed by atoms with Crippen molar-refractivity contribution in [1.82, 2.24) is 9.80 Å². The van der Waals surface area contributed by atoms with Crippen molar-refractivity contribution >= 4 is 0 Å². The van der Waals surface area contributed by atoms with Gasteiger partial charge in [0.25, 0.3) is 0 Å². The van der Waals surface area contributed by atoms with Crippen molar-refractivity contribution in [2.75, 3.05) is 32.7 Å². The maximum absolute atomic E-state index is 6.48. The van der Waals surface area contributed by atoms with Gasteiger partial charge in [-0.25, -0.2) is 0 Å². The first-order chi connectivity index (χ1) is 7.77. The maximum atomic E-state index is 6.48. The van der Waals surface area contributed by atoms with Gasteiger partial charge >= 0.3 is 0 Å². The molecule has 4 saturated heterocycles. The Hall–Kier alpha value is -0.120. The molecule has 4 aliphatic heterocycles. The van der Waals surface area contributed by atoms with Gasteiger partial charge < -0.3 is 10.6 Å². The first-order valence-electron chi connectivity index (χ1n) is 7.00. The standard InChI is InChI=1S/C13H25N3/c1-2-6-16-9-5-12(14)13(16)10-15-7-3-11(13)4-8-15/h11-12H,2-10,14H2,1H3. The van der Waals surface area contributed by atoms with E-state index in [0.29, 0.717) is 11.6 Å². The second-order valence-electron chi connectivity index (χ2n) is 5.92. The van der Waals surface area contributed by atoms with Crippen molar-refractivity contribution in [2.45, 2.75) is 44.2 Å². The minimum Gasteiger partial charge on any atom is -0.326 e. The summed E-state index contributed by atoms with van der Waals surface area (Å²) in [6, 6.07) is 0.423. The topological polar surface area (TPSA) is 32.5 Å². The zero-order valence-corrected chi connectivity index (χ0v) is 10.5. The molecule has 1 spiro atoms. The van der Waals surface area contributed by atoms with E-state index in [2.05, 4.69) is 16.7 Å². The fraction of sp³-hybridized carbons (Fsp3) is 1.00. The smallest absolute Gasteiger partial charge is 0.0516 e. The molecule has 2 bridgehead atoms. The molecule has 0 aromatic carbocycles. The van der Waals surface area contributed by atoms with Gasteiger partial charge in [-0.1, -0.05) is 6.92 Å². The predicted octanol–water partition coefficient (Wildman–Crippen LogP) is 0.894. The molecule has 4 fully saturated rings. The van der Waals surface area contributed by atoms with Gasteiger partial charge in [-0.2, -0.15) is 0 Å². The lowest BCUT2D eigenvalue weighted by Gasteiger charge is -2.57. The molecule has 0 aliphatic carbocycles.